The predicted molar refractivity (Wildman–Crippen MR) is 127 cm³/mol. The van der Waals surface area contributed by atoms with Crippen LogP contribution in [0.1, 0.15) is 6.92 Å². The summed E-state index contributed by atoms with van der Waals surface area (Å²) in [6.45, 7) is 3.12. The van der Waals surface area contributed by atoms with E-state index in [1.165, 1.54) is 0 Å². The van der Waals surface area contributed by atoms with E-state index in [-0.39, 0.29) is 19.1 Å². The molecular formula is C26H25N3O4. The van der Waals surface area contributed by atoms with Crippen molar-refractivity contribution >= 4 is 16.7 Å². The van der Waals surface area contributed by atoms with E-state index in [4.69, 9.17) is 14.2 Å². The van der Waals surface area contributed by atoms with Crippen molar-refractivity contribution in [2.75, 3.05) is 26.4 Å². The lowest BCUT2D eigenvalue weighted by molar-refractivity contribution is -0.123. The molecule has 168 valence electrons. The van der Waals surface area contributed by atoms with Gasteiger partial charge in [0.15, 0.2) is 6.61 Å². The first-order chi connectivity index (χ1) is 16.2. The van der Waals surface area contributed by atoms with Crippen LogP contribution in [0.3, 0.4) is 0 Å². The second-order valence-corrected chi connectivity index (χ2v) is 7.18. The van der Waals surface area contributed by atoms with Gasteiger partial charge in [0.05, 0.1) is 18.8 Å². The number of benzene rings is 3. The highest BCUT2D eigenvalue weighted by atomic mass is 16.5. The molecular weight excluding hydrogens is 418 g/mol. The second kappa shape index (κ2) is 10.9. The standard InChI is InChI=1S/C26H25N3O4/c1-2-31-21-12-10-20(11-13-21)23-14-15-26(29-28-23)32-17-16-27-25(30)18-33-24-9-5-7-19-6-3-4-8-22(19)24/h3-15H,2,16-18H2,1H3,(H,27,30). The first kappa shape index (κ1) is 22.1. The highest BCUT2D eigenvalue weighted by Crippen LogP contribution is 2.25. The van der Waals surface area contributed by atoms with Gasteiger partial charge in [-0.05, 0) is 48.7 Å². The van der Waals surface area contributed by atoms with E-state index >= 15 is 0 Å². The zero-order valence-electron chi connectivity index (χ0n) is 18.4. The van der Waals surface area contributed by atoms with E-state index in [1.807, 2.05) is 79.7 Å². The number of aromatic nitrogens is 2. The van der Waals surface area contributed by atoms with Crippen LogP contribution in [0.4, 0.5) is 0 Å². The lowest BCUT2D eigenvalue weighted by Gasteiger charge is -2.10. The largest absolute Gasteiger partial charge is 0.494 e. The van der Waals surface area contributed by atoms with Crippen molar-refractivity contribution in [2.45, 2.75) is 6.92 Å². The summed E-state index contributed by atoms with van der Waals surface area (Å²) in [7, 11) is 0. The van der Waals surface area contributed by atoms with Gasteiger partial charge in [-0.25, -0.2) is 0 Å². The lowest BCUT2D eigenvalue weighted by Crippen LogP contribution is -2.32. The molecule has 0 bridgehead atoms. The number of nitrogens with zero attached hydrogens (tertiary/aromatic N) is 2. The maximum atomic E-state index is 12.1. The molecule has 1 amide bonds. The Morgan fingerprint density at radius 3 is 2.45 bits per heavy atom. The summed E-state index contributed by atoms with van der Waals surface area (Å²) in [5.41, 5.74) is 1.68. The van der Waals surface area contributed by atoms with Crippen molar-refractivity contribution in [3.05, 3.63) is 78.9 Å². The van der Waals surface area contributed by atoms with Crippen molar-refractivity contribution in [1.29, 1.82) is 0 Å². The molecule has 0 saturated heterocycles. The summed E-state index contributed by atoms with van der Waals surface area (Å²) in [5.74, 6) is 1.68. The minimum absolute atomic E-state index is 0.0649. The van der Waals surface area contributed by atoms with Gasteiger partial charge in [0.25, 0.3) is 5.91 Å². The smallest absolute Gasteiger partial charge is 0.258 e. The maximum Gasteiger partial charge on any atom is 0.258 e. The molecule has 0 aliphatic heterocycles. The van der Waals surface area contributed by atoms with Gasteiger partial charge >= 0.3 is 0 Å². The molecule has 4 aromatic rings. The van der Waals surface area contributed by atoms with Crippen molar-refractivity contribution < 1.29 is 19.0 Å². The number of hydrogen-bond acceptors (Lipinski definition) is 6. The normalized spacial score (nSPS) is 10.6. The molecule has 0 radical (unpaired) electrons. The van der Waals surface area contributed by atoms with Crippen LogP contribution < -0.4 is 19.5 Å². The summed E-state index contributed by atoms with van der Waals surface area (Å²) in [4.78, 5) is 12.1. The first-order valence-electron chi connectivity index (χ1n) is 10.8. The van der Waals surface area contributed by atoms with Crippen LogP contribution in [0.15, 0.2) is 78.9 Å². The first-order valence-corrected chi connectivity index (χ1v) is 10.8. The highest BCUT2D eigenvalue weighted by molar-refractivity contribution is 5.88. The maximum absolute atomic E-state index is 12.1. The van der Waals surface area contributed by atoms with Crippen LogP contribution in [0.2, 0.25) is 0 Å². The van der Waals surface area contributed by atoms with E-state index in [9.17, 15) is 4.79 Å². The molecule has 7 heteroatoms. The number of amides is 1. The Labute approximate surface area is 192 Å². The van der Waals surface area contributed by atoms with Crippen LogP contribution in [0, 0.1) is 0 Å². The topological polar surface area (TPSA) is 82.6 Å². The van der Waals surface area contributed by atoms with Gasteiger partial charge in [0.2, 0.25) is 5.88 Å². The Balaban J connectivity index is 1.20. The number of carbonyl (C=O) groups excluding carboxylic acids is 1. The molecule has 7 nitrogen and oxygen atoms in total. The van der Waals surface area contributed by atoms with Crippen molar-refractivity contribution in [1.82, 2.24) is 15.5 Å². The van der Waals surface area contributed by atoms with E-state index in [1.54, 1.807) is 6.07 Å². The minimum Gasteiger partial charge on any atom is -0.494 e. The summed E-state index contributed by atoms with van der Waals surface area (Å²) in [6.07, 6.45) is 0. The summed E-state index contributed by atoms with van der Waals surface area (Å²) >= 11 is 0. The van der Waals surface area contributed by atoms with Gasteiger partial charge in [0, 0.05) is 17.0 Å². The van der Waals surface area contributed by atoms with Gasteiger partial charge in [-0.15, -0.1) is 10.2 Å². The van der Waals surface area contributed by atoms with Gasteiger partial charge in [-0.2, -0.15) is 0 Å². The fraction of sp³-hybridized carbons (Fsp3) is 0.192. The van der Waals surface area contributed by atoms with Crippen LogP contribution in [0.5, 0.6) is 17.4 Å². The third kappa shape index (κ3) is 5.98. The third-order valence-electron chi connectivity index (χ3n) is 4.88. The summed E-state index contributed by atoms with van der Waals surface area (Å²) in [6, 6.07) is 24.9. The van der Waals surface area contributed by atoms with Crippen molar-refractivity contribution in [2.24, 2.45) is 0 Å². The molecule has 0 unspecified atom stereocenters. The van der Waals surface area contributed by atoms with Gasteiger partial charge in [0.1, 0.15) is 18.1 Å². The molecule has 33 heavy (non-hydrogen) atoms. The Morgan fingerprint density at radius 1 is 0.848 bits per heavy atom. The molecule has 0 fully saturated rings. The van der Waals surface area contributed by atoms with Crippen LogP contribution >= 0.6 is 0 Å². The molecule has 0 aliphatic rings. The van der Waals surface area contributed by atoms with Gasteiger partial charge in [-0.1, -0.05) is 36.4 Å². The summed E-state index contributed by atoms with van der Waals surface area (Å²) < 4.78 is 16.7. The van der Waals surface area contributed by atoms with Crippen LogP contribution in [-0.4, -0.2) is 42.5 Å². The second-order valence-electron chi connectivity index (χ2n) is 7.18. The van der Waals surface area contributed by atoms with Crippen LogP contribution in [0.25, 0.3) is 22.0 Å². The molecule has 0 spiro atoms. The molecule has 1 heterocycles. The molecule has 1 aromatic heterocycles. The van der Waals surface area contributed by atoms with Gasteiger partial charge in [-0.3, -0.25) is 4.79 Å². The number of nitrogens with one attached hydrogen (secondary N) is 1. The molecule has 4 rings (SSSR count). The number of fused-ring (bicyclic) bond motifs is 1. The number of rotatable bonds is 10. The highest BCUT2D eigenvalue weighted by Gasteiger charge is 2.06. The third-order valence-corrected chi connectivity index (χ3v) is 4.88. The molecule has 0 aliphatic carbocycles. The molecule has 3 aromatic carbocycles. The zero-order valence-corrected chi connectivity index (χ0v) is 18.4. The summed E-state index contributed by atoms with van der Waals surface area (Å²) in [5, 5.41) is 13.1. The van der Waals surface area contributed by atoms with Crippen molar-refractivity contribution in [3.63, 3.8) is 0 Å². The number of ether oxygens (including phenoxy) is 3. The van der Waals surface area contributed by atoms with Crippen LogP contribution in [-0.2, 0) is 4.79 Å². The van der Waals surface area contributed by atoms with E-state index < -0.39 is 0 Å². The fourth-order valence-corrected chi connectivity index (χ4v) is 3.30. The van der Waals surface area contributed by atoms with Crippen molar-refractivity contribution in [3.8, 4) is 28.6 Å². The Morgan fingerprint density at radius 2 is 1.67 bits per heavy atom. The average Bonchev–Trinajstić information content (AvgIpc) is 2.86. The Bertz CT molecular complexity index is 1190. The Hall–Kier alpha value is -4.13. The van der Waals surface area contributed by atoms with E-state index in [2.05, 4.69) is 15.5 Å². The fourth-order valence-electron chi connectivity index (χ4n) is 3.30. The van der Waals surface area contributed by atoms with E-state index in [0.717, 1.165) is 27.8 Å². The molecule has 0 saturated carbocycles. The monoisotopic (exact) mass is 443 g/mol. The number of hydrogen-bond donors (Lipinski definition) is 1. The van der Waals surface area contributed by atoms with E-state index in [0.29, 0.717) is 24.8 Å². The number of carbonyl (C=O) groups is 1. The quantitative estimate of drug-likeness (QED) is 0.369. The molecule has 1 N–H and O–H groups in total. The SMILES string of the molecule is CCOc1ccc(-c2ccc(OCCNC(=O)COc3cccc4ccccc34)nn2)cc1. The lowest BCUT2D eigenvalue weighted by atomic mass is 10.1. The zero-order chi connectivity index (χ0) is 22.9. The predicted octanol–water partition coefficient (Wildman–Crippen LogP) is 4.27. The van der Waals surface area contributed by atoms with Gasteiger partial charge < -0.3 is 19.5 Å². The average molecular weight is 444 g/mol. The molecule has 0 atom stereocenters. The Kier molecular flexibility index (Phi) is 7.33. The minimum atomic E-state index is -0.219.